The number of carbonyl (C=O) groups is 3. The molecule has 0 spiro atoms. The summed E-state index contributed by atoms with van der Waals surface area (Å²) in [6.45, 7) is 6.01. The summed E-state index contributed by atoms with van der Waals surface area (Å²) in [5, 5.41) is 0. The molecule has 31 heavy (non-hydrogen) atoms. The van der Waals surface area contributed by atoms with Gasteiger partial charge in [0.2, 0.25) is 11.8 Å². The van der Waals surface area contributed by atoms with Crippen LogP contribution in [-0.2, 0) is 9.59 Å². The first-order chi connectivity index (χ1) is 14.8. The van der Waals surface area contributed by atoms with Crippen molar-refractivity contribution in [3.05, 3.63) is 53.6 Å². The number of hydrogen-bond donors (Lipinski definition) is 2. The van der Waals surface area contributed by atoms with Crippen LogP contribution in [0.3, 0.4) is 0 Å². The van der Waals surface area contributed by atoms with Crippen molar-refractivity contribution in [3.8, 4) is 11.5 Å². The molecule has 8 heteroatoms. The third-order valence-electron chi connectivity index (χ3n) is 4.93. The van der Waals surface area contributed by atoms with Gasteiger partial charge in [-0.25, -0.2) is 0 Å². The Morgan fingerprint density at radius 3 is 2.42 bits per heavy atom. The summed E-state index contributed by atoms with van der Waals surface area (Å²) in [4.78, 5) is 38.9. The van der Waals surface area contributed by atoms with Crippen molar-refractivity contribution in [2.45, 2.75) is 33.3 Å². The highest BCUT2D eigenvalue weighted by atomic mass is 16.5. The molecule has 0 aliphatic carbocycles. The Balaban J connectivity index is 1.58. The predicted molar refractivity (Wildman–Crippen MR) is 116 cm³/mol. The molecule has 0 unspecified atom stereocenters. The largest absolute Gasteiger partial charge is 0.493 e. The Kier molecular flexibility index (Phi) is 6.79. The summed E-state index contributed by atoms with van der Waals surface area (Å²) in [6, 6.07) is 12.3. The fourth-order valence-corrected chi connectivity index (χ4v) is 3.31. The van der Waals surface area contributed by atoms with Gasteiger partial charge in [0.25, 0.3) is 5.91 Å². The molecule has 2 aromatic rings. The van der Waals surface area contributed by atoms with Gasteiger partial charge in [-0.05, 0) is 51.1 Å². The van der Waals surface area contributed by atoms with Crippen LogP contribution in [0, 0.1) is 12.8 Å². The summed E-state index contributed by atoms with van der Waals surface area (Å²) in [5.74, 6) is -0.640. The molecule has 2 aromatic carbocycles. The number of carbonyl (C=O) groups excluding carboxylic acids is 3. The number of hydrazine groups is 1. The molecule has 0 aromatic heterocycles. The number of ether oxygens (including phenoxy) is 2. The van der Waals surface area contributed by atoms with E-state index in [0.717, 1.165) is 11.3 Å². The molecule has 1 aliphatic rings. The molecule has 1 aliphatic heterocycles. The number of amides is 3. The van der Waals surface area contributed by atoms with Gasteiger partial charge in [0.05, 0.1) is 19.1 Å². The van der Waals surface area contributed by atoms with Crippen LogP contribution in [0.5, 0.6) is 11.5 Å². The van der Waals surface area contributed by atoms with Gasteiger partial charge in [0.1, 0.15) is 0 Å². The van der Waals surface area contributed by atoms with Crippen LogP contribution in [0.25, 0.3) is 0 Å². The molecule has 1 saturated heterocycles. The predicted octanol–water partition coefficient (Wildman–Crippen LogP) is 2.60. The summed E-state index contributed by atoms with van der Waals surface area (Å²) in [7, 11) is 1.49. The van der Waals surface area contributed by atoms with Gasteiger partial charge in [-0.15, -0.1) is 0 Å². The lowest BCUT2D eigenvalue weighted by Crippen LogP contribution is -2.45. The van der Waals surface area contributed by atoms with E-state index in [2.05, 4.69) is 10.9 Å². The highest BCUT2D eigenvalue weighted by Gasteiger charge is 2.35. The SMILES string of the molecule is COc1cc(C(=O)NNC(=O)[C@H]2CC(=O)N(c3ccc(C)cc3)C2)ccc1OC(C)C. The van der Waals surface area contributed by atoms with E-state index in [0.29, 0.717) is 17.1 Å². The molecule has 164 valence electrons. The molecular formula is C23H27N3O5. The highest BCUT2D eigenvalue weighted by Crippen LogP contribution is 2.29. The topological polar surface area (TPSA) is 97.0 Å². The number of anilines is 1. The average Bonchev–Trinajstić information content (AvgIpc) is 3.14. The quantitative estimate of drug-likeness (QED) is 0.694. The lowest BCUT2D eigenvalue weighted by Gasteiger charge is -2.17. The molecular weight excluding hydrogens is 398 g/mol. The lowest BCUT2D eigenvalue weighted by molar-refractivity contribution is -0.126. The molecule has 3 amide bonds. The number of rotatable bonds is 6. The van der Waals surface area contributed by atoms with Crippen molar-refractivity contribution in [3.63, 3.8) is 0 Å². The van der Waals surface area contributed by atoms with Crippen molar-refractivity contribution < 1.29 is 23.9 Å². The number of benzene rings is 2. The van der Waals surface area contributed by atoms with Crippen LogP contribution >= 0.6 is 0 Å². The van der Waals surface area contributed by atoms with Crippen LogP contribution < -0.4 is 25.2 Å². The number of aryl methyl sites for hydroxylation is 1. The zero-order valence-electron chi connectivity index (χ0n) is 18.1. The fourth-order valence-electron chi connectivity index (χ4n) is 3.31. The van der Waals surface area contributed by atoms with E-state index in [1.165, 1.54) is 13.2 Å². The second kappa shape index (κ2) is 9.51. The summed E-state index contributed by atoms with van der Waals surface area (Å²) in [6.07, 6.45) is 0.0476. The fraction of sp³-hybridized carbons (Fsp3) is 0.348. The third kappa shape index (κ3) is 5.33. The smallest absolute Gasteiger partial charge is 0.269 e. The highest BCUT2D eigenvalue weighted by molar-refractivity contribution is 6.01. The van der Waals surface area contributed by atoms with E-state index in [9.17, 15) is 14.4 Å². The zero-order valence-corrected chi connectivity index (χ0v) is 18.1. The maximum absolute atomic E-state index is 12.5. The van der Waals surface area contributed by atoms with Gasteiger partial charge in [0, 0.05) is 24.2 Å². The van der Waals surface area contributed by atoms with Crippen LogP contribution in [0.15, 0.2) is 42.5 Å². The van der Waals surface area contributed by atoms with E-state index in [1.54, 1.807) is 17.0 Å². The minimum absolute atomic E-state index is 0.0403. The van der Waals surface area contributed by atoms with Crippen LogP contribution in [0.2, 0.25) is 0 Å². The lowest BCUT2D eigenvalue weighted by atomic mass is 10.1. The van der Waals surface area contributed by atoms with Crippen LogP contribution in [-0.4, -0.2) is 37.5 Å². The number of nitrogens with zero attached hydrogens (tertiary/aromatic N) is 1. The minimum atomic E-state index is -0.551. The first kappa shape index (κ1) is 22.1. The third-order valence-corrected chi connectivity index (χ3v) is 4.93. The van der Waals surface area contributed by atoms with E-state index in [4.69, 9.17) is 9.47 Å². The minimum Gasteiger partial charge on any atom is -0.493 e. The van der Waals surface area contributed by atoms with Crippen LogP contribution in [0.1, 0.15) is 36.2 Å². The molecule has 8 nitrogen and oxygen atoms in total. The summed E-state index contributed by atoms with van der Waals surface area (Å²) < 4.78 is 10.9. The van der Waals surface area contributed by atoms with Crippen molar-refractivity contribution in [1.82, 2.24) is 10.9 Å². The Bertz CT molecular complexity index is 972. The number of hydrogen-bond acceptors (Lipinski definition) is 5. The maximum Gasteiger partial charge on any atom is 0.269 e. The van der Waals surface area contributed by atoms with E-state index < -0.39 is 17.7 Å². The Labute approximate surface area is 181 Å². The van der Waals surface area contributed by atoms with Gasteiger partial charge < -0.3 is 14.4 Å². The van der Waals surface area contributed by atoms with Gasteiger partial charge in [-0.2, -0.15) is 0 Å². The van der Waals surface area contributed by atoms with E-state index >= 15 is 0 Å². The van der Waals surface area contributed by atoms with E-state index in [1.807, 2.05) is 45.0 Å². The zero-order chi connectivity index (χ0) is 22.5. The van der Waals surface area contributed by atoms with Crippen molar-refractivity contribution in [2.75, 3.05) is 18.6 Å². The summed E-state index contributed by atoms with van der Waals surface area (Å²) >= 11 is 0. The first-order valence-electron chi connectivity index (χ1n) is 10.1. The monoisotopic (exact) mass is 425 g/mol. The van der Waals surface area contributed by atoms with Crippen molar-refractivity contribution in [1.29, 1.82) is 0 Å². The second-order valence-electron chi connectivity index (χ2n) is 7.72. The van der Waals surface area contributed by atoms with Crippen LogP contribution in [0.4, 0.5) is 5.69 Å². The Morgan fingerprint density at radius 2 is 1.77 bits per heavy atom. The molecule has 3 rings (SSSR count). The molecule has 1 heterocycles. The summed E-state index contributed by atoms with van der Waals surface area (Å²) in [5.41, 5.74) is 6.97. The van der Waals surface area contributed by atoms with Crippen molar-refractivity contribution >= 4 is 23.4 Å². The number of methoxy groups -OCH3 is 1. The molecule has 0 saturated carbocycles. The normalized spacial score (nSPS) is 15.7. The molecule has 0 radical (unpaired) electrons. The molecule has 1 atom stereocenters. The number of nitrogens with one attached hydrogen (secondary N) is 2. The maximum atomic E-state index is 12.5. The Morgan fingerprint density at radius 1 is 1.06 bits per heavy atom. The molecule has 2 N–H and O–H groups in total. The molecule has 1 fully saturated rings. The molecule has 0 bridgehead atoms. The van der Waals surface area contributed by atoms with Gasteiger partial charge in [-0.1, -0.05) is 17.7 Å². The van der Waals surface area contributed by atoms with Crippen molar-refractivity contribution in [2.24, 2.45) is 5.92 Å². The van der Waals surface area contributed by atoms with Gasteiger partial charge in [0.15, 0.2) is 11.5 Å². The first-order valence-corrected chi connectivity index (χ1v) is 10.1. The van der Waals surface area contributed by atoms with E-state index in [-0.39, 0.29) is 25.0 Å². The van der Waals surface area contributed by atoms with Gasteiger partial charge in [-0.3, -0.25) is 25.2 Å². The second-order valence-corrected chi connectivity index (χ2v) is 7.72. The van der Waals surface area contributed by atoms with Gasteiger partial charge >= 0.3 is 0 Å². The Hall–Kier alpha value is -3.55. The standard InChI is InChI=1S/C23H27N3O5/c1-14(2)31-19-10-7-16(11-20(19)30-4)22(28)24-25-23(29)17-12-21(27)26(13-17)18-8-5-15(3)6-9-18/h5-11,14,17H,12-13H2,1-4H3,(H,24,28)(H,25,29)/t17-/m0/s1. The average molecular weight is 425 g/mol.